The minimum Gasteiger partial charge on any atom is -0.493 e. The molecule has 2 fully saturated rings. The molecular weight excluding hydrogens is 478 g/mol. The third-order valence-electron chi connectivity index (χ3n) is 7.64. The highest BCUT2D eigenvalue weighted by Crippen LogP contribution is 2.32. The second-order valence-corrected chi connectivity index (χ2v) is 11.3. The number of hydrogen-bond donors (Lipinski definition) is 1. The Kier molecular flexibility index (Phi) is 7.45. The summed E-state index contributed by atoms with van der Waals surface area (Å²) >= 11 is 0. The summed E-state index contributed by atoms with van der Waals surface area (Å²) < 4.78 is 13.4. The summed E-state index contributed by atoms with van der Waals surface area (Å²) in [5, 5.41) is 7.57. The maximum atomic E-state index is 13.5. The van der Waals surface area contributed by atoms with Crippen molar-refractivity contribution in [2.24, 2.45) is 12.5 Å². The number of aromatic nitrogens is 2. The summed E-state index contributed by atoms with van der Waals surface area (Å²) in [5.74, 6) is 0.711. The van der Waals surface area contributed by atoms with Crippen molar-refractivity contribution >= 4 is 11.6 Å². The fourth-order valence-electron chi connectivity index (χ4n) is 4.96. The molecule has 0 saturated carbocycles. The van der Waals surface area contributed by atoms with E-state index in [0.717, 1.165) is 59.9 Å². The minimum absolute atomic E-state index is 0.0383. The van der Waals surface area contributed by atoms with Crippen LogP contribution in [0.1, 0.15) is 41.4 Å². The zero-order valence-corrected chi connectivity index (χ0v) is 23.2. The van der Waals surface area contributed by atoms with Crippen molar-refractivity contribution in [1.29, 1.82) is 0 Å². The number of anilines is 1. The lowest BCUT2D eigenvalue weighted by atomic mass is 9.90. The highest BCUT2D eigenvalue weighted by molar-refractivity contribution is 5.97. The predicted octanol–water partition coefficient (Wildman–Crippen LogP) is 4.05. The lowest BCUT2D eigenvalue weighted by Gasteiger charge is -2.37. The van der Waals surface area contributed by atoms with Crippen LogP contribution in [-0.2, 0) is 11.8 Å². The van der Waals surface area contributed by atoms with Gasteiger partial charge in [0, 0.05) is 61.7 Å². The van der Waals surface area contributed by atoms with Gasteiger partial charge in [0.25, 0.3) is 5.91 Å². The van der Waals surface area contributed by atoms with Gasteiger partial charge >= 0.3 is 0 Å². The average molecular weight is 518 g/mol. The number of rotatable bonds is 8. The van der Waals surface area contributed by atoms with Gasteiger partial charge in [0.15, 0.2) is 0 Å². The van der Waals surface area contributed by atoms with E-state index < -0.39 is 0 Å². The molecule has 202 valence electrons. The zero-order valence-electron chi connectivity index (χ0n) is 23.2. The van der Waals surface area contributed by atoms with Crippen LogP contribution in [0.2, 0.25) is 0 Å². The van der Waals surface area contributed by atoms with Crippen LogP contribution in [0, 0.1) is 12.3 Å². The molecule has 0 radical (unpaired) electrons. The molecule has 8 heteroatoms. The van der Waals surface area contributed by atoms with Crippen molar-refractivity contribution in [2.75, 3.05) is 57.9 Å². The number of benzene rings is 2. The smallest absolute Gasteiger partial charge is 0.252 e. The lowest BCUT2D eigenvalue weighted by Crippen LogP contribution is -2.44. The molecule has 1 atom stereocenters. The first kappa shape index (κ1) is 26.3. The summed E-state index contributed by atoms with van der Waals surface area (Å²) in [6.45, 7) is 12.2. The van der Waals surface area contributed by atoms with Crippen LogP contribution in [0.25, 0.3) is 11.1 Å². The summed E-state index contributed by atoms with van der Waals surface area (Å²) in [5.41, 5.74) is 5.82. The van der Waals surface area contributed by atoms with Crippen LogP contribution < -0.4 is 15.0 Å². The van der Waals surface area contributed by atoms with Crippen molar-refractivity contribution in [3.8, 4) is 16.9 Å². The molecule has 2 aliphatic heterocycles. The molecule has 1 N–H and O–H groups in total. The van der Waals surface area contributed by atoms with E-state index in [1.54, 1.807) is 4.68 Å². The highest BCUT2D eigenvalue weighted by atomic mass is 16.5. The Balaban J connectivity index is 1.36. The molecule has 1 aromatic heterocycles. The van der Waals surface area contributed by atoms with Crippen LogP contribution in [0.3, 0.4) is 0 Å². The molecule has 3 heterocycles. The average Bonchev–Trinajstić information content (AvgIpc) is 3.33. The number of nitrogens with one attached hydrogen (secondary N) is 1. The van der Waals surface area contributed by atoms with Crippen LogP contribution in [0.15, 0.2) is 48.8 Å². The molecule has 0 aliphatic carbocycles. The van der Waals surface area contributed by atoms with Gasteiger partial charge in [-0.05, 0) is 67.9 Å². The van der Waals surface area contributed by atoms with Gasteiger partial charge in [-0.3, -0.25) is 9.48 Å². The highest BCUT2D eigenvalue weighted by Gasteiger charge is 2.34. The Labute approximate surface area is 225 Å². The first-order valence-corrected chi connectivity index (χ1v) is 13.4. The molecule has 2 aromatic carbocycles. The van der Waals surface area contributed by atoms with E-state index in [1.165, 1.54) is 0 Å². The normalized spacial score (nSPS) is 18.1. The number of piperazine rings is 1. The van der Waals surface area contributed by atoms with E-state index in [9.17, 15) is 4.79 Å². The van der Waals surface area contributed by atoms with E-state index in [1.807, 2.05) is 57.6 Å². The predicted molar refractivity (Wildman–Crippen MR) is 150 cm³/mol. The molecule has 8 nitrogen and oxygen atoms in total. The molecule has 1 amide bonds. The van der Waals surface area contributed by atoms with Crippen molar-refractivity contribution in [3.05, 3.63) is 65.5 Å². The Morgan fingerprint density at radius 2 is 1.87 bits per heavy atom. The van der Waals surface area contributed by atoms with Gasteiger partial charge in [-0.15, -0.1) is 0 Å². The standard InChI is InChI=1S/C30H39N5O3/c1-21-6-7-26(35-10-8-33(4)9-11-35)15-28(21)29(36)32-22(2)23-12-24(25-16-31-34(5)17-25)14-27(13-23)38-20-30(3)18-37-19-30/h6-7,12-17,22H,8-11,18-20H2,1-5H3,(H,32,36)/t22-/m1/s1. The number of ether oxygens (including phenoxy) is 2. The third-order valence-corrected chi connectivity index (χ3v) is 7.64. The van der Waals surface area contributed by atoms with E-state index in [4.69, 9.17) is 9.47 Å². The van der Waals surface area contributed by atoms with Crippen molar-refractivity contribution in [3.63, 3.8) is 0 Å². The van der Waals surface area contributed by atoms with E-state index in [2.05, 4.69) is 46.3 Å². The fourth-order valence-corrected chi connectivity index (χ4v) is 4.96. The lowest BCUT2D eigenvalue weighted by molar-refractivity contribution is -0.120. The number of nitrogens with zero attached hydrogens (tertiary/aromatic N) is 4. The van der Waals surface area contributed by atoms with Crippen LogP contribution >= 0.6 is 0 Å². The molecule has 2 aliphatic rings. The summed E-state index contributed by atoms with van der Waals surface area (Å²) in [7, 11) is 4.05. The first-order valence-electron chi connectivity index (χ1n) is 13.4. The SMILES string of the molecule is Cc1ccc(N2CCN(C)CC2)cc1C(=O)N[C@H](C)c1cc(OCC2(C)COC2)cc(-c2cnn(C)c2)c1. The summed E-state index contributed by atoms with van der Waals surface area (Å²) in [4.78, 5) is 18.2. The Morgan fingerprint density at radius 3 is 2.53 bits per heavy atom. The molecule has 0 bridgehead atoms. The Bertz CT molecular complexity index is 1290. The Morgan fingerprint density at radius 1 is 1.11 bits per heavy atom. The molecule has 38 heavy (non-hydrogen) atoms. The van der Waals surface area contributed by atoms with Gasteiger partial charge in [0.05, 0.1) is 32.1 Å². The molecule has 5 rings (SSSR count). The zero-order chi connectivity index (χ0) is 26.9. The van der Waals surface area contributed by atoms with Gasteiger partial charge in [0.1, 0.15) is 5.75 Å². The van der Waals surface area contributed by atoms with Crippen LogP contribution in [0.5, 0.6) is 5.75 Å². The van der Waals surface area contributed by atoms with Gasteiger partial charge < -0.3 is 24.6 Å². The maximum Gasteiger partial charge on any atom is 0.252 e. The van der Waals surface area contributed by atoms with E-state index >= 15 is 0 Å². The largest absolute Gasteiger partial charge is 0.493 e. The van der Waals surface area contributed by atoms with Crippen LogP contribution in [-0.4, -0.2) is 73.6 Å². The fraction of sp³-hybridized carbons (Fsp3) is 0.467. The molecule has 3 aromatic rings. The van der Waals surface area contributed by atoms with Crippen molar-refractivity contribution in [1.82, 2.24) is 20.0 Å². The van der Waals surface area contributed by atoms with E-state index in [-0.39, 0.29) is 17.4 Å². The van der Waals surface area contributed by atoms with Gasteiger partial charge in [-0.2, -0.15) is 5.10 Å². The van der Waals surface area contributed by atoms with E-state index in [0.29, 0.717) is 25.4 Å². The maximum absolute atomic E-state index is 13.5. The van der Waals surface area contributed by atoms with Crippen molar-refractivity contribution in [2.45, 2.75) is 26.8 Å². The number of likely N-dealkylation sites (N-methyl/N-ethyl adjacent to an activating group) is 1. The second-order valence-electron chi connectivity index (χ2n) is 11.3. The third kappa shape index (κ3) is 5.87. The van der Waals surface area contributed by atoms with Crippen molar-refractivity contribution < 1.29 is 14.3 Å². The minimum atomic E-state index is -0.212. The topological polar surface area (TPSA) is 71.9 Å². The number of hydrogen-bond acceptors (Lipinski definition) is 6. The van der Waals surface area contributed by atoms with Crippen LogP contribution in [0.4, 0.5) is 5.69 Å². The molecular formula is C30H39N5O3. The van der Waals surface area contributed by atoms with Gasteiger partial charge in [-0.1, -0.05) is 13.0 Å². The Hall–Kier alpha value is -3.36. The number of carbonyl (C=O) groups excluding carboxylic acids is 1. The number of carbonyl (C=O) groups is 1. The molecule has 0 spiro atoms. The van der Waals surface area contributed by atoms with Gasteiger partial charge in [-0.25, -0.2) is 0 Å². The number of amides is 1. The summed E-state index contributed by atoms with van der Waals surface area (Å²) in [6, 6.07) is 12.2. The monoisotopic (exact) mass is 517 g/mol. The molecule has 2 saturated heterocycles. The summed E-state index contributed by atoms with van der Waals surface area (Å²) in [6.07, 6.45) is 3.83. The number of aryl methyl sites for hydroxylation is 2. The molecule has 0 unspecified atom stereocenters. The van der Waals surface area contributed by atoms with Gasteiger partial charge in [0.2, 0.25) is 0 Å². The second kappa shape index (κ2) is 10.8. The first-order chi connectivity index (χ1) is 18.2. The quantitative estimate of drug-likeness (QED) is 0.486.